The van der Waals surface area contributed by atoms with E-state index in [1.54, 1.807) is 6.92 Å². The smallest absolute Gasteiger partial charge is 0.346 e. The Bertz CT molecular complexity index is 538. The molecule has 0 saturated carbocycles. The number of aromatic nitrogens is 2. The van der Waals surface area contributed by atoms with Gasteiger partial charge in [-0.1, -0.05) is 6.58 Å². The summed E-state index contributed by atoms with van der Waals surface area (Å²) < 4.78 is 4.67. The molecule has 0 spiro atoms. The van der Waals surface area contributed by atoms with E-state index in [0.29, 0.717) is 5.56 Å². The van der Waals surface area contributed by atoms with Gasteiger partial charge in [0.25, 0.3) is 0 Å². The number of nitrogens with one attached hydrogen (secondary N) is 3. The number of hydrogen-bond acceptors (Lipinski definition) is 5. The van der Waals surface area contributed by atoms with Crippen LogP contribution in [0.5, 0.6) is 0 Å². The number of ether oxygens (including phenoxy) is 1. The van der Waals surface area contributed by atoms with E-state index in [9.17, 15) is 14.4 Å². The average molecular weight is 266 g/mol. The summed E-state index contributed by atoms with van der Waals surface area (Å²) in [5.41, 5.74) is 0.0636. The molecule has 3 N–H and O–H groups in total. The fourth-order valence-electron chi connectivity index (χ4n) is 1.12. The third kappa shape index (κ3) is 5.02. The lowest BCUT2D eigenvalue weighted by atomic mass is 10.3. The molecular weight excluding hydrogens is 252 g/mol. The third-order valence-electron chi connectivity index (χ3n) is 2.04. The first-order chi connectivity index (χ1) is 9.02. The number of aromatic amines is 1. The van der Waals surface area contributed by atoms with Crippen LogP contribution in [0.4, 0.5) is 10.6 Å². The Morgan fingerprint density at radius 1 is 1.58 bits per heavy atom. The lowest BCUT2D eigenvalue weighted by Gasteiger charge is -2.08. The minimum atomic E-state index is -0.559. The van der Waals surface area contributed by atoms with Crippen LogP contribution in [0.15, 0.2) is 23.6 Å². The molecule has 8 nitrogen and oxygen atoms in total. The van der Waals surface area contributed by atoms with Crippen molar-refractivity contribution < 1.29 is 14.3 Å². The number of nitrogens with zero attached hydrogens (tertiary/aromatic N) is 1. The zero-order chi connectivity index (χ0) is 14.3. The van der Waals surface area contributed by atoms with E-state index in [1.165, 1.54) is 6.20 Å². The molecule has 1 aromatic rings. The lowest BCUT2D eigenvalue weighted by Crippen LogP contribution is -2.33. The molecule has 1 heterocycles. The number of carbonyl (C=O) groups excluding carboxylic acids is 2. The largest absolute Gasteiger partial charge is 0.461 e. The number of esters is 1. The van der Waals surface area contributed by atoms with Crippen LogP contribution in [0.3, 0.4) is 0 Å². The third-order valence-corrected chi connectivity index (χ3v) is 2.04. The average Bonchev–Trinajstić information content (AvgIpc) is 2.38. The Morgan fingerprint density at radius 3 is 3.00 bits per heavy atom. The molecule has 19 heavy (non-hydrogen) atoms. The van der Waals surface area contributed by atoms with Crippen molar-refractivity contribution in [3.63, 3.8) is 0 Å². The summed E-state index contributed by atoms with van der Waals surface area (Å²) in [6.07, 6.45) is 2.38. The predicted octanol–water partition coefficient (Wildman–Crippen LogP) is -0.0710. The van der Waals surface area contributed by atoms with Gasteiger partial charge in [-0.05, 0) is 6.92 Å². The van der Waals surface area contributed by atoms with Crippen LogP contribution in [-0.2, 0) is 9.53 Å². The Hall–Kier alpha value is -2.64. The highest BCUT2D eigenvalue weighted by Crippen LogP contribution is 2.04. The highest BCUT2D eigenvalue weighted by Gasteiger charge is 2.05. The van der Waals surface area contributed by atoms with Gasteiger partial charge in [-0.15, -0.1) is 0 Å². The first-order valence-electron chi connectivity index (χ1n) is 5.43. The van der Waals surface area contributed by atoms with E-state index in [-0.39, 0.29) is 19.0 Å². The van der Waals surface area contributed by atoms with Crippen molar-refractivity contribution >= 4 is 17.8 Å². The summed E-state index contributed by atoms with van der Waals surface area (Å²) in [6.45, 7) is 5.09. The van der Waals surface area contributed by atoms with Crippen LogP contribution in [0.2, 0.25) is 0 Å². The molecule has 0 fully saturated rings. The fourth-order valence-corrected chi connectivity index (χ4v) is 1.12. The van der Waals surface area contributed by atoms with E-state index in [4.69, 9.17) is 0 Å². The number of carbonyl (C=O) groups is 2. The molecule has 0 aromatic carbocycles. The summed E-state index contributed by atoms with van der Waals surface area (Å²) in [5, 5.41) is 4.90. The topological polar surface area (TPSA) is 113 Å². The van der Waals surface area contributed by atoms with E-state index in [0.717, 1.165) is 6.08 Å². The van der Waals surface area contributed by atoms with Gasteiger partial charge in [0.1, 0.15) is 12.4 Å². The van der Waals surface area contributed by atoms with Crippen LogP contribution in [0, 0.1) is 6.92 Å². The molecule has 0 bridgehead atoms. The van der Waals surface area contributed by atoms with Gasteiger partial charge in [-0.25, -0.2) is 19.4 Å². The Labute approximate surface area is 108 Å². The van der Waals surface area contributed by atoms with E-state index in [2.05, 4.69) is 31.9 Å². The van der Waals surface area contributed by atoms with Gasteiger partial charge in [-0.3, -0.25) is 10.3 Å². The van der Waals surface area contributed by atoms with Gasteiger partial charge in [0.2, 0.25) is 0 Å². The summed E-state index contributed by atoms with van der Waals surface area (Å²) >= 11 is 0. The second kappa shape index (κ2) is 6.94. The first kappa shape index (κ1) is 14.4. The molecule has 0 aliphatic rings. The van der Waals surface area contributed by atoms with Crippen molar-refractivity contribution in [3.05, 3.63) is 34.9 Å². The summed E-state index contributed by atoms with van der Waals surface area (Å²) in [7, 11) is 0. The molecule has 0 unspecified atom stereocenters. The first-order valence-corrected chi connectivity index (χ1v) is 5.43. The lowest BCUT2D eigenvalue weighted by molar-refractivity contribution is -0.137. The second-order valence-electron chi connectivity index (χ2n) is 3.50. The molecule has 0 radical (unpaired) electrons. The molecule has 0 saturated heterocycles. The summed E-state index contributed by atoms with van der Waals surface area (Å²) in [6, 6.07) is -0.528. The number of hydrogen-bond donors (Lipinski definition) is 3. The number of anilines is 1. The maximum Gasteiger partial charge on any atom is 0.346 e. The van der Waals surface area contributed by atoms with E-state index in [1.807, 2.05) is 0 Å². The van der Waals surface area contributed by atoms with Crippen LogP contribution >= 0.6 is 0 Å². The normalized spacial score (nSPS) is 9.53. The number of H-pyrrole nitrogens is 1. The maximum absolute atomic E-state index is 11.5. The minimum absolute atomic E-state index is 0.0319. The van der Waals surface area contributed by atoms with Crippen LogP contribution in [-0.4, -0.2) is 35.1 Å². The quantitative estimate of drug-likeness (QED) is 0.392. The Balaban J connectivity index is 2.39. The molecular formula is C11H14N4O4. The van der Waals surface area contributed by atoms with Gasteiger partial charge in [0.15, 0.2) is 0 Å². The van der Waals surface area contributed by atoms with Crippen molar-refractivity contribution in [3.8, 4) is 0 Å². The zero-order valence-electron chi connectivity index (χ0n) is 10.4. The standard InChI is InChI=1S/C11H14N4O4/c1-3-8(16)19-5-4-12-10(17)14-9-7(2)6-13-11(18)15-9/h3,6H,1,4-5H2,2H3,(H3,12,13,14,15,17,18). The monoisotopic (exact) mass is 266 g/mol. The van der Waals surface area contributed by atoms with Gasteiger partial charge in [-0.2, -0.15) is 0 Å². The van der Waals surface area contributed by atoms with Crippen molar-refractivity contribution in [2.75, 3.05) is 18.5 Å². The molecule has 1 aromatic heterocycles. The van der Waals surface area contributed by atoms with E-state index >= 15 is 0 Å². The van der Waals surface area contributed by atoms with Crippen LogP contribution in [0.25, 0.3) is 0 Å². The van der Waals surface area contributed by atoms with Gasteiger partial charge in [0.05, 0.1) is 6.54 Å². The van der Waals surface area contributed by atoms with Crippen molar-refractivity contribution in [2.24, 2.45) is 0 Å². The van der Waals surface area contributed by atoms with Crippen LogP contribution in [0.1, 0.15) is 5.56 Å². The van der Waals surface area contributed by atoms with Gasteiger partial charge >= 0.3 is 17.7 Å². The number of urea groups is 1. The van der Waals surface area contributed by atoms with Crippen LogP contribution < -0.4 is 16.3 Å². The minimum Gasteiger partial charge on any atom is -0.461 e. The molecule has 1 rings (SSSR count). The maximum atomic E-state index is 11.5. The summed E-state index contributed by atoms with van der Waals surface area (Å²) in [4.78, 5) is 39.1. The molecule has 0 aliphatic heterocycles. The van der Waals surface area contributed by atoms with Gasteiger partial charge in [0, 0.05) is 17.8 Å². The summed E-state index contributed by atoms with van der Waals surface area (Å²) in [5.74, 6) is -0.294. The highest BCUT2D eigenvalue weighted by atomic mass is 16.5. The Morgan fingerprint density at radius 2 is 2.32 bits per heavy atom. The Kier molecular flexibility index (Phi) is 5.27. The second-order valence-corrected chi connectivity index (χ2v) is 3.50. The molecule has 2 amide bonds. The molecule has 0 atom stereocenters. The SMILES string of the molecule is C=CC(=O)OCCNC(=O)Nc1[nH]c(=O)ncc1C. The highest BCUT2D eigenvalue weighted by molar-refractivity contribution is 5.88. The number of rotatable bonds is 5. The molecule has 102 valence electrons. The fraction of sp³-hybridized carbons (Fsp3) is 0.273. The van der Waals surface area contributed by atoms with Gasteiger partial charge < -0.3 is 10.1 Å². The van der Waals surface area contributed by atoms with Crippen molar-refractivity contribution in [2.45, 2.75) is 6.92 Å². The molecule has 0 aliphatic carbocycles. The van der Waals surface area contributed by atoms with Crippen molar-refractivity contribution in [1.82, 2.24) is 15.3 Å². The number of amides is 2. The van der Waals surface area contributed by atoms with Crippen molar-refractivity contribution in [1.29, 1.82) is 0 Å². The van der Waals surface area contributed by atoms with E-state index < -0.39 is 17.7 Å². The number of aryl methyl sites for hydroxylation is 1. The zero-order valence-corrected chi connectivity index (χ0v) is 10.4. The molecule has 8 heteroatoms. The predicted molar refractivity (Wildman–Crippen MR) is 67.8 cm³/mol.